The lowest BCUT2D eigenvalue weighted by Crippen LogP contribution is -2.44. The Morgan fingerprint density at radius 2 is 2.08 bits per heavy atom. The summed E-state index contributed by atoms with van der Waals surface area (Å²) in [4.78, 5) is 13.9. The van der Waals surface area contributed by atoms with Crippen LogP contribution in [0.5, 0.6) is 0 Å². The molecule has 1 fully saturated rings. The number of hydrogen-bond donors (Lipinski definition) is 0. The zero-order chi connectivity index (χ0) is 18.0. The number of piperidine rings is 1. The average Bonchev–Trinajstić information content (AvgIpc) is 3.06. The fourth-order valence-electron chi connectivity index (χ4n) is 2.85. The van der Waals surface area contributed by atoms with E-state index in [0.717, 1.165) is 19.3 Å². The molecule has 1 aromatic heterocycles. The van der Waals surface area contributed by atoms with Gasteiger partial charge in [-0.2, -0.15) is 0 Å². The van der Waals surface area contributed by atoms with Gasteiger partial charge in [-0.05, 0) is 38.3 Å². The summed E-state index contributed by atoms with van der Waals surface area (Å²) in [5.74, 6) is -2.07. The first kappa shape index (κ1) is 17.5. The van der Waals surface area contributed by atoms with Crippen LogP contribution in [0.2, 0.25) is 0 Å². The van der Waals surface area contributed by atoms with Crippen molar-refractivity contribution < 1.29 is 22.0 Å². The second kappa shape index (κ2) is 6.91. The Labute approximate surface area is 144 Å². The van der Waals surface area contributed by atoms with Crippen LogP contribution in [0, 0.1) is 5.82 Å². The molecule has 1 unspecified atom stereocenters. The minimum absolute atomic E-state index is 0.00688. The van der Waals surface area contributed by atoms with Crippen molar-refractivity contribution in [1.29, 1.82) is 0 Å². The number of rotatable bonds is 4. The van der Waals surface area contributed by atoms with Crippen molar-refractivity contribution in [3.63, 3.8) is 0 Å². The molecule has 0 spiro atoms. The van der Waals surface area contributed by atoms with Gasteiger partial charge in [-0.15, -0.1) is 5.10 Å². The molecular weight excluding hydrogens is 349 g/mol. The van der Waals surface area contributed by atoms with Crippen LogP contribution in [-0.2, 0) is 14.6 Å². The third kappa shape index (κ3) is 3.71. The van der Waals surface area contributed by atoms with E-state index in [9.17, 15) is 17.6 Å². The van der Waals surface area contributed by atoms with Crippen LogP contribution in [0.15, 0.2) is 33.9 Å². The van der Waals surface area contributed by atoms with Crippen LogP contribution in [0.4, 0.5) is 4.39 Å². The lowest BCUT2D eigenvalue weighted by Gasteiger charge is -2.33. The summed E-state index contributed by atoms with van der Waals surface area (Å²) in [6.45, 7) is 2.44. The van der Waals surface area contributed by atoms with Crippen LogP contribution >= 0.6 is 0 Å². The first-order valence-corrected chi connectivity index (χ1v) is 9.64. The summed E-state index contributed by atoms with van der Waals surface area (Å²) in [5, 5.41) is 6.39. The number of sulfone groups is 1. The molecule has 0 bridgehead atoms. The van der Waals surface area contributed by atoms with Crippen molar-refractivity contribution in [1.82, 2.24) is 15.1 Å². The number of carbonyl (C=O) groups is 1. The average molecular weight is 367 g/mol. The normalized spacial score (nSPS) is 18.3. The van der Waals surface area contributed by atoms with Gasteiger partial charge in [0, 0.05) is 12.6 Å². The SMILES string of the molecule is CC1CCCCN1C(=O)CS(=O)(=O)c1nnc(-c2ccccc2F)o1. The van der Waals surface area contributed by atoms with Crippen molar-refractivity contribution in [3.05, 3.63) is 30.1 Å². The first-order valence-electron chi connectivity index (χ1n) is 7.99. The van der Waals surface area contributed by atoms with E-state index in [1.165, 1.54) is 18.2 Å². The van der Waals surface area contributed by atoms with E-state index >= 15 is 0 Å². The number of nitrogens with zero attached hydrogens (tertiary/aromatic N) is 3. The number of hydrogen-bond acceptors (Lipinski definition) is 6. The minimum Gasteiger partial charge on any atom is -0.408 e. The van der Waals surface area contributed by atoms with Crippen molar-refractivity contribution >= 4 is 15.7 Å². The number of halogens is 1. The molecule has 1 aromatic carbocycles. The summed E-state index contributed by atoms with van der Waals surface area (Å²) >= 11 is 0. The van der Waals surface area contributed by atoms with Crippen molar-refractivity contribution in [2.45, 2.75) is 37.5 Å². The predicted octanol–water partition coefficient (Wildman–Crippen LogP) is 2.05. The molecule has 9 heteroatoms. The third-order valence-corrected chi connectivity index (χ3v) is 5.54. The zero-order valence-electron chi connectivity index (χ0n) is 13.7. The highest BCUT2D eigenvalue weighted by molar-refractivity contribution is 7.91. The highest BCUT2D eigenvalue weighted by Crippen LogP contribution is 2.23. The maximum Gasteiger partial charge on any atom is 0.336 e. The van der Waals surface area contributed by atoms with Gasteiger partial charge in [0.25, 0.3) is 5.89 Å². The molecule has 1 amide bonds. The van der Waals surface area contributed by atoms with Crippen molar-refractivity contribution in [2.75, 3.05) is 12.3 Å². The molecule has 0 saturated carbocycles. The molecule has 2 heterocycles. The van der Waals surface area contributed by atoms with Gasteiger partial charge in [0.1, 0.15) is 11.6 Å². The number of carbonyl (C=O) groups excluding carboxylic acids is 1. The number of likely N-dealkylation sites (tertiary alicyclic amines) is 1. The Hall–Kier alpha value is -2.29. The van der Waals surface area contributed by atoms with E-state index in [2.05, 4.69) is 10.2 Å². The molecule has 2 aromatic rings. The molecule has 134 valence electrons. The number of aromatic nitrogens is 2. The lowest BCUT2D eigenvalue weighted by atomic mass is 10.0. The maximum absolute atomic E-state index is 13.7. The summed E-state index contributed by atoms with van der Waals surface area (Å²) < 4.78 is 43.6. The Balaban J connectivity index is 1.79. The van der Waals surface area contributed by atoms with Crippen molar-refractivity contribution in [3.8, 4) is 11.5 Å². The van der Waals surface area contributed by atoms with Gasteiger partial charge in [-0.25, -0.2) is 12.8 Å². The summed E-state index contributed by atoms with van der Waals surface area (Å²) in [5.41, 5.74) is 0.00688. The van der Waals surface area contributed by atoms with E-state index in [4.69, 9.17) is 4.42 Å². The summed E-state index contributed by atoms with van der Waals surface area (Å²) in [7, 11) is -4.09. The molecule has 0 N–H and O–H groups in total. The molecular formula is C16H18FN3O4S. The van der Waals surface area contributed by atoms with E-state index in [0.29, 0.717) is 6.54 Å². The van der Waals surface area contributed by atoms with E-state index < -0.39 is 32.5 Å². The minimum atomic E-state index is -4.09. The standard InChI is InChI=1S/C16H18FN3O4S/c1-11-6-4-5-9-20(11)14(21)10-25(22,23)16-19-18-15(24-16)12-7-2-3-8-13(12)17/h2-3,7-8,11H,4-6,9-10H2,1H3. The second-order valence-electron chi connectivity index (χ2n) is 6.04. The van der Waals surface area contributed by atoms with Crippen LogP contribution < -0.4 is 0 Å². The molecule has 1 aliphatic rings. The van der Waals surface area contributed by atoms with Crippen LogP contribution in [0.3, 0.4) is 0 Å². The fourth-order valence-corrected chi connectivity index (χ4v) is 3.84. The van der Waals surface area contributed by atoms with Gasteiger partial charge in [-0.3, -0.25) is 4.79 Å². The quantitative estimate of drug-likeness (QED) is 0.821. The largest absolute Gasteiger partial charge is 0.408 e. The van der Waals surface area contributed by atoms with Gasteiger partial charge in [0.2, 0.25) is 15.7 Å². The Bertz CT molecular complexity index is 881. The molecule has 1 atom stereocenters. The van der Waals surface area contributed by atoms with Gasteiger partial charge in [0.15, 0.2) is 0 Å². The van der Waals surface area contributed by atoms with Gasteiger partial charge in [0.05, 0.1) is 5.56 Å². The van der Waals surface area contributed by atoms with Crippen LogP contribution in [0.25, 0.3) is 11.5 Å². The van der Waals surface area contributed by atoms with Gasteiger partial charge >= 0.3 is 5.22 Å². The first-order chi connectivity index (χ1) is 11.9. The molecule has 0 aliphatic carbocycles. The van der Waals surface area contributed by atoms with E-state index in [-0.39, 0.29) is 17.5 Å². The Morgan fingerprint density at radius 1 is 1.32 bits per heavy atom. The van der Waals surface area contributed by atoms with Crippen LogP contribution in [0.1, 0.15) is 26.2 Å². The second-order valence-corrected chi connectivity index (χ2v) is 7.91. The van der Waals surface area contributed by atoms with E-state index in [1.807, 2.05) is 6.92 Å². The van der Waals surface area contributed by atoms with Crippen LogP contribution in [-0.4, -0.2) is 47.8 Å². The highest BCUT2D eigenvalue weighted by atomic mass is 32.2. The predicted molar refractivity (Wildman–Crippen MR) is 86.8 cm³/mol. The fraction of sp³-hybridized carbons (Fsp3) is 0.438. The smallest absolute Gasteiger partial charge is 0.336 e. The summed E-state index contributed by atoms with van der Waals surface area (Å²) in [6, 6.07) is 5.67. The monoisotopic (exact) mass is 367 g/mol. The highest BCUT2D eigenvalue weighted by Gasteiger charge is 2.31. The number of benzene rings is 1. The number of amides is 1. The lowest BCUT2D eigenvalue weighted by molar-refractivity contribution is -0.131. The maximum atomic E-state index is 13.7. The molecule has 3 rings (SSSR count). The van der Waals surface area contributed by atoms with E-state index in [1.54, 1.807) is 11.0 Å². The topological polar surface area (TPSA) is 93.4 Å². The van der Waals surface area contributed by atoms with Gasteiger partial charge < -0.3 is 9.32 Å². The Morgan fingerprint density at radius 3 is 2.80 bits per heavy atom. The molecule has 1 aliphatic heterocycles. The molecule has 25 heavy (non-hydrogen) atoms. The molecule has 1 saturated heterocycles. The Kier molecular flexibility index (Phi) is 4.85. The van der Waals surface area contributed by atoms with Crippen molar-refractivity contribution in [2.24, 2.45) is 0 Å². The third-order valence-electron chi connectivity index (χ3n) is 4.21. The molecule has 7 nitrogen and oxygen atoms in total. The zero-order valence-corrected chi connectivity index (χ0v) is 14.5. The molecule has 0 radical (unpaired) electrons. The van der Waals surface area contributed by atoms with Gasteiger partial charge in [-0.1, -0.05) is 17.2 Å². The summed E-state index contributed by atoms with van der Waals surface area (Å²) in [6.07, 6.45) is 2.73.